The van der Waals surface area contributed by atoms with Crippen molar-refractivity contribution in [2.75, 3.05) is 38.5 Å². The lowest BCUT2D eigenvalue weighted by Gasteiger charge is -2.08. The molecule has 0 unspecified atom stereocenters. The minimum Gasteiger partial charge on any atom is -0.317 e. The van der Waals surface area contributed by atoms with Crippen molar-refractivity contribution in [3.8, 4) is 0 Å². The molecule has 0 radical (unpaired) electrons. The molecule has 0 spiro atoms. The Labute approximate surface area is 157 Å². The summed E-state index contributed by atoms with van der Waals surface area (Å²) in [4.78, 5) is 0. The first-order valence-electron chi connectivity index (χ1n) is 10.5. The molecule has 152 valence electrons. The monoisotopic (exact) mass is 377 g/mol. The van der Waals surface area contributed by atoms with Crippen LogP contribution in [0.1, 0.15) is 84.5 Å². The molecule has 0 rings (SSSR count). The smallest absolute Gasteiger partial charge is 0.211 e. The van der Waals surface area contributed by atoms with Crippen LogP contribution in [-0.2, 0) is 10.0 Å². The van der Waals surface area contributed by atoms with Gasteiger partial charge in [-0.3, -0.25) is 0 Å². The van der Waals surface area contributed by atoms with Crippen LogP contribution in [0.15, 0.2) is 0 Å². The van der Waals surface area contributed by atoms with Gasteiger partial charge in [-0.25, -0.2) is 13.1 Å². The molecule has 0 fully saturated rings. The quantitative estimate of drug-likeness (QED) is 0.284. The maximum Gasteiger partial charge on any atom is 0.211 e. The highest BCUT2D eigenvalue weighted by atomic mass is 32.2. The molecule has 0 amide bonds. The summed E-state index contributed by atoms with van der Waals surface area (Å²) in [5.41, 5.74) is 0. The Morgan fingerprint density at radius 2 is 1.08 bits per heavy atom. The normalized spacial score (nSPS) is 11.9. The highest BCUT2D eigenvalue weighted by Crippen LogP contribution is 2.08. The van der Waals surface area contributed by atoms with Crippen LogP contribution < -0.4 is 15.4 Å². The zero-order chi connectivity index (χ0) is 18.6. The third kappa shape index (κ3) is 20.0. The second-order valence-corrected chi connectivity index (χ2v) is 8.82. The first kappa shape index (κ1) is 24.8. The van der Waals surface area contributed by atoms with Gasteiger partial charge in [-0.1, -0.05) is 58.8 Å². The lowest BCUT2D eigenvalue weighted by molar-refractivity contribution is 0.556. The van der Waals surface area contributed by atoms with Gasteiger partial charge in [-0.15, -0.1) is 0 Å². The van der Waals surface area contributed by atoms with Gasteiger partial charge in [0.15, 0.2) is 0 Å². The van der Waals surface area contributed by atoms with Crippen LogP contribution in [0.3, 0.4) is 0 Å². The number of rotatable bonds is 20. The lowest BCUT2D eigenvalue weighted by atomic mass is 10.1. The van der Waals surface area contributed by atoms with Crippen molar-refractivity contribution < 1.29 is 8.42 Å². The van der Waals surface area contributed by atoms with Gasteiger partial charge in [0, 0.05) is 6.54 Å². The second-order valence-electron chi connectivity index (χ2n) is 6.90. The summed E-state index contributed by atoms with van der Waals surface area (Å²) in [7, 11) is -3.08. The number of hydrogen-bond acceptors (Lipinski definition) is 4. The number of nitrogens with one attached hydrogen (secondary N) is 3. The predicted octanol–water partition coefficient (Wildman–Crippen LogP) is 3.42. The van der Waals surface area contributed by atoms with E-state index >= 15 is 0 Å². The van der Waals surface area contributed by atoms with E-state index in [9.17, 15) is 8.42 Å². The van der Waals surface area contributed by atoms with Crippen LogP contribution >= 0.6 is 0 Å². The van der Waals surface area contributed by atoms with Gasteiger partial charge < -0.3 is 10.6 Å². The van der Waals surface area contributed by atoms with E-state index in [-0.39, 0.29) is 5.75 Å². The molecule has 0 atom stereocenters. The van der Waals surface area contributed by atoms with Crippen LogP contribution in [0.25, 0.3) is 0 Å². The zero-order valence-electron chi connectivity index (χ0n) is 16.7. The lowest BCUT2D eigenvalue weighted by Crippen LogP contribution is -2.30. The first-order valence-corrected chi connectivity index (χ1v) is 12.2. The SMILES string of the molecule is CCCCCCCCCCS(=O)(=O)NCCCNCCCNCCC. The van der Waals surface area contributed by atoms with E-state index in [1.54, 1.807) is 0 Å². The van der Waals surface area contributed by atoms with Crippen molar-refractivity contribution in [2.45, 2.75) is 84.5 Å². The van der Waals surface area contributed by atoms with Crippen molar-refractivity contribution in [1.82, 2.24) is 15.4 Å². The summed E-state index contributed by atoms with van der Waals surface area (Å²) in [6.45, 7) is 8.92. The Bertz CT molecular complexity index is 362. The largest absolute Gasteiger partial charge is 0.317 e. The molecule has 0 saturated heterocycles. The van der Waals surface area contributed by atoms with E-state index < -0.39 is 10.0 Å². The van der Waals surface area contributed by atoms with E-state index in [0.717, 1.165) is 58.3 Å². The summed E-state index contributed by atoms with van der Waals surface area (Å²) >= 11 is 0. The fourth-order valence-corrected chi connectivity index (χ4v) is 3.89. The van der Waals surface area contributed by atoms with Gasteiger partial charge in [0.2, 0.25) is 10.0 Å². The van der Waals surface area contributed by atoms with E-state index in [2.05, 4.69) is 29.2 Å². The minimum absolute atomic E-state index is 0.276. The molecular formula is C19H43N3O2S. The summed E-state index contributed by atoms with van der Waals surface area (Å²) in [5, 5.41) is 6.72. The molecule has 0 aliphatic rings. The van der Waals surface area contributed by atoms with Crippen LogP contribution in [-0.4, -0.2) is 46.9 Å². The first-order chi connectivity index (χ1) is 12.1. The number of unbranched alkanes of at least 4 members (excludes halogenated alkanes) is 7. The average molecular weight is 378 g/mol. The van der Waals surface area contributed by atoms with E-state index in [4.69, 9.17) is 0 Å². The molecule has 0 aromatic heterocycles. The van der Waals surface area contributed by atoms with Gasteiger partial charge in [0.1, 0.15) is 0 Å². The van der Waals surface area contributed by atoms with Crippen molar-refractivity contribution in [3.05, 3.63) is 0 Å². The molecule has 25 heavy (non-hydrogen) atoms. The Kier molecular flexibility index (Phi) is 18.5. The van der Waals surface area contributed by atoms with Gasteiger partial charge in [0.25, 0.3) is 0 Å². The average Bonchev–Trinajstić information content (AvgIpc) is 2.59. The third-order valence-corrected chi connectivity index (χ3v) is 5.72. The van der Waals surface area contributed by atoms with Crippen molar-refractivity contribution in [1.29, 1.82) is 0 Å². The molecule has 6 heteroatoms. The summed E-state index contributed by atoms with van der Waals surface area (Å²) < 4.78 is 26.5. The van der Waals surface area contributed by atoms with E-state index in [0.29, 0.717) is 6.54 Å². The third-order valence-electron chi connectivity index (χ3n) is 4.25. The number of hydrogen-bond donors (Lipinski definition) is 3. The molecule has 5 nitrogen and oxygen atoms in total. The molecule has 3 N–H and O–H groups in total. The second kappa shape index (κ2) is 18.6. The maximum absolute atomic E-state index is 11.9. The Balaban J connectivity index is 3.35. The summed E-state index contributed by atoms with van der Waals surface area (Å²) in [5.74, 6) is 0.276. The van der Waals surface area contributed by atoms with E-state index in [1.165, 1.54) is 38.5 Å². The highest BCUT2D eigenvalue weighted by Gasteiger charge is 2.08. The fourth-order valence-electron chi connectivity index (χ4n) is 2.70. The van der Waals surface area contributed by atoms with Crippen LogP contribution in [0, 0.1) is 0 Å². The van der Waals surface area contributed by atoms with Crippen LogP contribution in [0.5, 0.6) is 0 Å². The van der Waals surface area contributed by atoms with E-state index in [1.807, 2.05) is 0 Å². The molecule has 0 heterocycles. The van der Waals surface area contributed by atoms with Gasteiger partial charge in [-0.05, 0) is 51.9 Å². The topological polar surface area (TPSA) is 70.2 Å². The van der Waals surface area contributed by atoms with Gasteiger partial charge >= 0.3 is 0 Å². The molecule has 0 saturated carbocycles. The number of sulfonamides is 1. The minimum atomic E-state index is -3.08. The van der Waals surface area contributed by atoms with Gasteiger partial charge in [0.05, 0.1) is 5.75 Å². The van der Waals surface area contributed by atoms with Crippen LogP contribution in [0.2, 0.25) is 0 Å². The fraction of sp³-hybridized carbons (Fsp3) is 1.00. The van der Waals surface area contributed by atoms with Gasteiger partial charge in [-0.2, -0.15) is 0 Å². The zero-order valence-corrected chi connectivity index (χ0v) is 17.6. The highest BCUT2D eigenvalue weighted by molar-refractivity contribution is 7.89. The Morgan fingerprint density at radius 3 is 1.68 bits per heavy atom. The van der Waals surface area contributed by atoms with Crippen molar-refractivity contribution >= 4 is 10.0 Å². The maximum atomic E-state index is 11.9. The Hall–Kier alpha value is -0.170. The predicted molar refractivity (Wildman–Crippen MR) is 110 cm³/mol. The molecule has 0 aromatic rings. The molecule has 0 aliphatic carbocycles. The molecular weight excluding hydrogens is 334 g/mol. The van der Waals surface area contributed by atoms with Crippen molar-refractivity contribution in [3.63, 3.8) is 0 Å². The van der Waals surface area contributed by atoms with Crippen molar-refractivity contribution in [2.24, 2.45) is 0 Å². The molecule has 0 aromatic carbocycles. The Morgan fingerprint density at radius 1 is 0.560 bits per heavy atom. The van der Waals surface area contributed by atoms with Crippen LogP contribution in [0.4, 0.5) is 0 Å². The molecule has 0 aliphatic heterocycles. The standard InChI is InChI=1S/C19H43N3O2S/c1-3-5-6-7-8-9-10-11-19-25(23,24)22-18-13-17-21-16-12-15-20-14-4-2/h20-22H,3-19H2,1-2H3. The summed E-state index contributed by atoms with van der Waals surface area (Å²) in [6.07, 6.45) is 12.6. The summed E-state index contributed by atoms with van der Waals surface area (Å²) in [6, 6.07) is 0. The molecule has 0 bridgehead atoms.